The zero-order chi connectivity index (χ0) is 18.4. The minimum atomic E-state index is 0.241. The molecule has 0 amide bonds. The van der Waals surface area contributed by atoms with Crippen LogP contribution < -0.4 is 14.8 Å². The molecule has 1 atom stereocenters. The summed E-state index contributed by atoms with van der Waals surface area (Å²) in [4.78, 5) is 0. The van der Waals surface area contributed by atoms with Gasteiger partial charge >= 0.3 is 0 Å². The van der Waals surface area contributed by atoms with E-state index in [4.69, 9.17) is 9.47 Å². The smallest absolute Gasteiger partial charge is 0.119 e. The third-order valence-electron chi connectivity index (χ3n) is 4.54. The van der Waals surface area contributed by atoms with E-state index in [1.54, 1.807) is 14.2 Å². The third kappa shape index (κ3) is 4.44. The first-order valence-corrected chi connectivity index (χ1v) is 8.80. The summed E-state index contributed by atoms with van der Waals surface area (Å²) in [6.07, 6.45) is 0. The van der Waals surface area contributed by atoms with Gasteiger partial charge in [-0.3, -0.25) is 0 Å². The summed E-state index contributed by atoms with van der Waals surface area (Å²) in [5.41, 5.74) is 4.82. The second kappa shape index (κ2) is 8.54. The number of rotatable bonds is 7. The van der Waals surface area contributed by atoms with Crippen LogP contribution in [0.4, 0.5) is 0 Å². The summed E-state index contributed by atoms with van der Waals surface area (Å²) in [5, 5.41) is 3.59. The first kappa shape index (κ1) is 18.0. The highest BCUT2D eigenvalue weighted by molar-refractivity contribution is 5.65. The molecule has 3 heteroatoms. The molecule has 3 nitrogen and oxygen atoms in total. The van der Waals surface area contributed by atoms with Gasteiger partial charge in [-0.15, -0.1) is 0 Å². The predicted octanol–water partition coefficient (Wildman–Crippen LogP) is 5.22. The molecular formula is C23H25NO2. The maximum Gasteiger partial charge on any atom is 0.119 e. The Kier molecular flexibility index (Phi) is 5.92. The Hall–Kier alpha value is -2.78. The number of nitrogens with one attached hydrogen (secondary N) is 1. The molecular weight excluding hydrogens is 322 g/mol. The summed E-state index contributed by atoms with van der Waals surface area (Å²) in [6, 6.07) is 25.2. The Balaban J connectivity index is 1.70. The van der Waals surface area contributed by atoms with Crippen LogP contribution in [0.25, 0.3) is 11.1 Å². The van der Waals surface area contributed by atoms with Gasteiger partial charge in [0, 0.05) is 12.6 Å². The van der Waals surface area contributed by atoms with E-state index in [1.165, 1.54) is 16.7 Å². The van der Waals surface area contributed by atoms with Crippen molar-refractivity contribution in [3.63, 3.8) is 0 Å². The molecule has 0 saturated heterocycles. The van der Waals surface area contributed by atoms with Crippen LogP contribution >= 0.6 is 0 Å². The molecule has 0 aliphatic carbocycles. The van der Waals surface area contributed by atoms with Crippen LogP contribution in [0.3, 0.4) is 0 Å². The molecule has 134 valence electrons. The molecule has 0 bridgehead atoms. The molecule has 0 spiro atoms. The third-order valence-corrected chi connectivity index (χ3v) is 4.54. The Labute approximate surface area is 155 Å². The molecule has 0 heterocycles. The molecule has 3 aromatic carbocycles. The molecule has 0 aliphatic heterocycles. The van der Waals surface area contributed by atoms with Crippen LogP contribution in [0.5, 0.6) is 11.5 Å². The molecule has 3 rings (SSSR count). The zero-order valence-corrected chi connectivity index (χ0v) is 15.5. The lowest BCUT2D eigenvalue weighted by Crippen LogP contribution is -2.18. The Bertz CT molecular complexity index is 860. The molecule has 26 heavy (non-hydrogen) atoms. The molecule has 0 aliphatic rings. The SMILES string of the molecule is COc1cccc(-c2cccc(CNC(C)c3cccc(OC)c3)c2)c1. The molecule has 0 fully saturated rings. The summed E-state index contributed by atoms with van der Waals surface area (Å²) in [5.74, 6) is 1.76. The van der Waals surface area contributed by atoms with Gasteiger partial charge in [0.15, 0.2) is 0 Å². The van der Waals surface area contributed by atoms with E-state index in [0.717, 1.165) is 23.6 Å². The lowest BCUT2D eigenvalue weighted by atomic mass is 10.0. The van der Waals surface area contributed by atoms with Crippen molar-refractivity contribution in [1.82, 2.24) is 5.32 Å². The Morgan fingerprint density at radius 3 is 2.12 bits per heavy atom. The van der Waals surface area contributed by atoms with Gasteiger partial charge in [0.05, 0.1) is 14.2 Å². The first-order valence-electron chi connectivity index (χ1n) is 8.80. The van der Waals surface area contributed by atoms with Gasteiger partial charge in [0.1, 0.15) is 11.5 Å². The second-order valence-corrected chi connectivity index (χ2v) is 6.31. The standard InChI is InChI=1S/C23H25NO2/c1-17(19-8-5-11-22(14-19)25-2)24-16-18-7-4-9-20(13-18)21-10-6-12-23(15-21)26-3/h4-15,17,24H,16H2,1-3H3. The van der Waals surface area contributed by atoms with Crippen LogP contribution in [0.15, 0.2) is 72.8 Å². The fourth-order valence-electron chi connectivity index (χ4n) is 2.96. The highest BCUT2D eigenvalue weighted by Crippen LogP contribution is 2.25. The van der Waals surface area contributed by atoms with Crippen LogP contribution in [0.2, 0.25) is 0 Å². The lowest BCUT2D eigenvalue weighted by molar-refractivity contribution is 0.413. The van der Waals surface area contributed by atoms with Crippen molar-refractivity contribution in [2.75, 3.05) is 14.2 Å². The fourth-order valence-corrected chi connectivity index (χ4v) is 2.96. The van der Waals surface area contributed by atoms with E-state index < -0.39 is 0 Å². The molecule has 0 saturated carbocycles. The Morgan fingerprint density at radius 1 is 0.769 bits per heavy atom. The van der Waals surface area contributed by atoms with Gasteiger partial charge in [-0.05, 0) is 59.5 Å². The minimum absolute atomic E-state index is 0.241. The number of ether oxygens (including phenoxy) is 2. The van der Waals surface area contributed by atoms with Crippen molar-refractivity contribution < 1.29 is 9.47 Å². The van der Waals surface area contributed by atoms with Crippen LogP contribution in [0.1, 0.15) is 24.1 Å². The number of hydrogen-bond acceptors (Lipinski definition) is 3. The molecule has 0 aromatic heterocycles. The summed E-state index contributed by atoms with van der Waals surface area (Å²) < 4.78 is 10.6. The number of hydrogen-bond donors (Lipinski definition) is 1. The van der Waals surface area contributed by atoms with E-state index in [0.29, 0.717) is 0 Å². The lowest BCUT2D eigenvalue weighted by Gasteiger charge is -2.16. The molecule has 0 radical (unpaired) electrons. The summed E-state index contributed by atoms with van der Waals surface area (Å²) >= 11 is 0. The predicted molar refractivity (Wildman–Crippen MR) is 107 cm³/mol. The van der Waals surface area contributed by atoms with E-state index in [-0.39, 0.29) is 6.04 Å². The summed E-state index contributed by atoms with van der Waals surface area (Å²) in [6.45, 7) is 2.97. The highest BCUT2D eigenvalue weighted by atomic mass is 16.5. The average Bonchev–Trinajstić information content (AvgIpc) is 2.72. The monoisotopic (exact) mass is 347 g/mol. The highest BCUT2D eigenvalue weighted by Gasteiger charge is 2.07. The quantitative estimate of drug-likeness (QED) is 0.635. The molecule has 1 N–H and O–H groups in total. The van der Waals surface area contributed by atoms with Gasteiger partial charge in [-0.1, -0.05) is 42.5 Å². The maximum absolute atomic E-state index is 5.33. The van der Waals surface area contributed by atoms with Crippen molar-refractivity contribution in [1.29, 1.82) is 0 Å². The van der Waals surface area contributed by atoms with E-state index in [9.17, 15) is 0 Å². The Morgan fingerprint density at radius 2 is 1.38 bits per heavy atom. The van der Waals surface area contributed by atoms with Gasteiger partial charge < -0.3 is 14.8 Å². The van der Waals surface area contributed by atoms with Crippen molar-refractivity contribution >= 4 is 0 Å². The second-order valence-electron chi connectivity index (χ2n) is 6.31. The topological polar surface area (TPSA) is 30.5 Å². The van der Waals surface area contributed by atoms with Crippen molar-refractivity contribution in [2.45, 2.75) is 19.5 Å². The van der Waals surface area contributed by atoms with E-state index in [2.05, 4.69) is 60.8 Å². The molecule has 1 unspecified atom stereocenters. The van der Waals surface area contributed by atoms with Gasteiger partial charge in [-0.25, -0.2) is 0 Å². The van der Waals surface area contributed by atoms with Gasteiger partial charge in [0.2, 0.25) is 0 Å². The minimum Gasteiger partial charge on any atom is -0.497 e. The fraction of sp³-hybridized carbons (Fsp3) is 0.217. The van der Waals surface area contributed by atoms with Crippen LogP contribution in [-0.2, 0) is 6.54 Å². The van der Waals surface area contributed by atoms with Gasteiger partial charge in [0.25, 0.3) is 0 Å². The van der Waals surface area contributed by atoms with Crippen LogP contribution in [0, 0.1) is 0 Å². The van der Waals surface area contributed by atoms with Crippen molar-refractivity contribution in [3.8, 4) is 22.6 Å². The summed E-state index contributed by atoms with van der Waals surface area (Å²) in [7, 11) is 3.39. The van der Waals surface area contributed by atoms with E-state index in [1.807, 2.05) is 24.3 Å². The van der Waals surface area contributed by atoms with Crippen LogP contribution in [-0.4, -0.2) is 14.2 Å². The van der Waals surface area contributed by atoms with Crippen molar-refractivity contribution in [2.24, 2.45) is 0 Å². The number of benzene rings is 3. The first-order chi connectivity index (χ1) is 12.7. The largest absolute Gasteiger partial charge is 0.497 e. The van der Waals surface area contributed by atoms with E-state index >= 15 is 0 Å². The zero-order valence-electron chi connectivity index (χ0n) is 15.5. The molecule has 3 aromatic rings. The van der Waals surface area contributed by atoms with Gasteiger partial charge in [-0.2, -0.15) is 0 Å². The maximum atomic E-state index is 5.33. The average molecular weight is 347 g/mol. The van der Waals surface area contributed by atoms with Crippen molar-refractivity contribution in [3.05, 3.63) is 83.9 Å². The number of methoxy groups -OCH3 is 2. The normalized spacial score (nSPS) is 11.8.